The standard InChI is InChI=1S/C24H23BrN2O3/c1-15(2)30-22-12-7-18(25)14-21(22)24(29)27-20-10-8-19(9-11-20)26-23(28)17-6-4-5-16(3)13-17/h4-15H,1-3H3,(H,26,28)(H,27,29). The van der Waals surface area contributed by atoms with Crippen LogP contribution in [0.25, 0.3) is 0 Å². The van der Waals surface area contributed by atoms with Gasteiger partial charge in [0.1, 0.15) is 5.75 Å². The number of carbonyl (C=O) groups excluding carboxylic acids is 2. The van der Waals surface area contributed by atoms with Crippen molar-refractivity contribution >= 4 is 39.1 Å². The van der Waals surface area contributed by atoms with Crippen molar-refractivity contribution in [1.82, 2.24) is 0 Å². The molecule has 0 heterocycles. The molecule has 0 atom stereocenters. The zero-order valence-corrected chi connectivity index (χ0v) is 18.6. The van der Waals surface area contributed by atoms with Gasteiger partial charge in [0.25, 0.3) is 11.8 Å². The summed E-state index contributed by atoms with van der Waals surface area (Å²) in [5.41, 5.74) is 3.32. The van der Waals surface area contributed by atoms with E-state index >= 15 is 0 Å². The van der Waals surface area contributed by atoms with Crippen molar-refractivity contribution in [1.29, 1.82) is 0 Å². The Balaban J connectivity index is 1.69. The van der Waals surface area contributed by atoms with Crippen LogP contribution in [0.4, 0.5) is 11.4 Å². The van der Waals surface area contributed by atoms with Gasteiger partial charge in [0.05, 0.1) is 11.7 Å². The van der Waals surface area contributed by atoms with Gasteiger partial charge in [0, 0.05) is 21.4 Å². The van der Waals surface area contributed by atoms with Gasteiger partial charge in [-0.1, -0.05) is 33.6 Å². The predicted molar refractivity (Wildman–Crippen MR) is 123 cm³/mol. The molecule has 2 N–H and O–H groups in total. The van der Waals surface area contributed by atoms with Crippen LogP contribution in [0.1, 0.15) is 40.1 Å². The molecule has 0 unspecified atom stereocenters. The summed E-state index contributed by atoms with van der Waals surface area (Å²) >= 11 is 3.40. The normalized spacial score (nSPS) is 10.6. The minimum absolute atomic E-state index is 0.0472. The number of hydrogen-bond acceptors (Lipinski definition) is 3. The van der Waals surface area contributed by atoms with E-state index in [0.29, 0.717) is 28.3 Å². The Bertz CT molecular complexity index is 1060. The number of benzene rings is 3. The summed E-state index contributed by atoms with van der Waals surface area (Å²) in [6, 6.07) is 19.7. The predicted octanol–water partition coefficient (Wildman–Crippen LogP) is 6.05. The zero-order valence-electron chi connectivity index (χ0n) is 17.0. The molecule has 5 nitrogen and oxygen atoms in total. The Morgan fingerprint density at radius 2 is 1.50 bits per heavy atom. The molecule has 0 spiro atoms. The van der Waals surface area contributed by atoms with Crippen LogP contribution in [0.3, 0.4) is 0 Å². The average molecular weight is 467 g/mol. The Kier molecular flexibility index (Phi) is 6.90. The lowest BCUT2D eigenvalue weighted by Crippen LogP contribution is -2.16. The van der Waals surface area contributed by atoms with Crippen LogP contribution in [0.2, 0.25) is 0 Å². The van der Waals surface area contributed by atoms with E-state index in [4.69, 9.17) is 4.74 Å². The Labute approximate surface area is 184 Å². The van der Waals surface area contributed by atoms with Gasteiger partial charge in [-0.3, -0.25) is 9.59 Å². The molecule has 3 rings (SSSR count). The van der Waals surface area contributed by atoms with E-state index in [1.54, 1.807) is 42.5 Å². The molecule has 0 aliphatic heterocycles. The van der Waals surface area contributed by atoms with E-state index in [0.717, 1.165) is 10.0 Å². The number of aryl methyl sites for hydroxylation is 1. The van der Waals surface area contributed by atoms with E-state index in [9.17, 15) is 9.59 Å². The van der Waals surface area contributed by atoms with E-state index in [1.807, 2.05) is 45.0 Å². The van der Waals surface area contributed by atoms with Gasteiger partial charge in [-0.05, 0) is 75.4 Å². The maximum absolute atomic E-state index is 12.8. The van der Waals surface area contributed by atoms with E-state index in [1.165, 1.54) is 0 Å². The number of amides is 2. The van der Waals surface area contributed by atoms with Crippen LogP contribution < -0.4 is 15.4 Å². The summed E-state index contributed by atoms with van der Waals surface area (Å²) in [4.78, 5) is 25.1. The maximum Gasteiger partial charge on any atom is 0.259 e. The Hall–Kier alpha value is -3.12. The van der Waals surface area contributed by atoms with Crippen molar-refractivity contribution in [2.75, 3.05) is 10.6 Å². The van der Waals surface area contributed by atoms with Gasteiger partial charge in [-0.25, -0.2) is 0 Å². The highest BCUT2D eigenvalue weighted by atomic mass is 79.9. The van der Waals surface area contributed by atoms with Crippen LogP contribution in [0.5, 0.6) is 5.75 Å². The lowest BCUT2D eigenvalue weighted by atomic mass is 10.1. The van der Waals surface area contributed by atoms with Gasteiger partial charge < -0.3 is 15.4 Å². The lowest BCUT2D eigenvalue weighted by Gasteiger charge is -2.15. The molecule has 2 amide bonds. The fourth-order valence-corrected chi connectivity index (χ4v) is 3.22. The van der Waals surface area contributed by atoms with Crippen molar-refractivity contribution in [2.45, 2.75) is 26.9 Å². The molecule has 6 heteroatoms. The summed E-state index contributed by atoms with van der Waals surface area (Å²) < 4.78 is 6.53. The second-order valence-electron chi connectivity index (χ2n) is 7.16. The van der Waals surface area contributed by atoms with Crippen molar-refractivity contribution in [3.63, 3.8) is 0 Å². The minimum Gasteiger partial charge on any atom is -0.490 e. The molecule has 30 heavy (non-hydrogen) atoms. The summed E-state index contributed by atoms with van der Waals surface area (Å²) in [5.74, 6) is 0.0660. The fourth-order valence-electron chi connectivity index (χ4n) is 2.86. The molecule has 0 aliphatic rings. The van der Waals surface area contributed by atoms with Gasteiger partial charge in [-0.2, -0.15) is 0 Å². The molecule has 0 saturated heterocycles. The first-order valence-corrected chi connectivity index (χ1v) is 10.4. The Morgan fingerprint density at radius 1 is 0.867 bits per heavy atom. The molecule has 0 fully saturated rings. The van der Waals surface area contributed by atoms with Gasteiger partial charge >= 0.3 is 0 Å². The smallest absolute Gasteiger partial charge is 0.259 e. The monoisotopic (exact) mass is 466 g/mol. The van der Waals surface area contributed by atoms with Gasteiger partial charge in [-0.15, -0.1) is 0 Å². The molecule has 3 aromatic carbocycles. The SMILES string of the molecule is Cc1cccc(C(=O)Nc2ccc(NC(=O)c3cc(Br)ccc3OC(C)C)cc2)c1. The highest BCUT2D eigenvalue weighted by molar-refractivity contribution is 9.10. The van der Waals surface area contributed by atoms with Crippen LogP contribution in [0.15, 0.2) is 71.2 Å². The third-order valence-corrected chi connectivity index (χ3v) is 4.72. The number of halogens is 1. The maximum atomic E-state index is 12.8. The molecular weight excluding hydrogens is 444 g/mol. The minimum atomic E-state index is -0.275. The highest BCUT2D eigenvalue weighted by Crippen LogP contribution is 2.25. The first-order chi connectivity index (χ1) is 14.3. The highest BCUT2D eigenvalue weighted by Gasteiger charge is 2.15. The number of nitrogens with one attached hydrogen (secondary N) is 2. The number of hydrogen-bond donors (Lipinski definition) is 2. The first-order valence-electron chi connectivity index (χ1n) is 9.57. The number of ether oxygens (including phenoxy) is 1. The number of anilines is 2. The molecule has 0 aliphatic carbocycles. The van der Waals surface area contributed by atoms with E-state index in [-0.39, 0.29) is 17.9 Å². The molecule has 0 radical (unpaired) electrons. The molecule has 3 aromatic rings. The number of carbonyl (C=O) groups is 2. The third-order valence-electron chi connectivity index (χ3n) is 4.23. The average Bonchev–Trinajstić information content (AvgIpc) is 2.70. The van der Waals surface area contributed by atoms with Gasteiger partial charge in [0.15, 0.2) is 0 Å². The summed E-state index contributed by atoms with van der Waals surface area (Å²) in [6.07, 6.45) is -0.0472. The van der Waals surface area contributed by atoms with Crippen LogP contribution in [-0.2, 0) is 0 Å². The largest absolute Gasteiger partial charge is 0.490 e. The van der Waals surface area contributed by atoms with E-state index in [2.05, 4.69) is 26.6 Å². The second kappa shape index (κ2) is 9.59. The quantitative estimate of drug-likeness (QED) is 0.464. The van der Waals surface area contributed by atoms with Crippen molar-refractivity contribution < 1.29 is 14.3 Å². The topological polar surface area (TPSA) is 67.4 Å². The summed E-state index contributed by atoms with van der Waals surface area (Å²) in [5, 5.41) is 5.72. The van der Waals surface area contributed by atoms with E-state index < -0.39 is 0 Å². The molecule has 0 aromatic heterocycles. The van der Waals surface area contributed by atoms with Crippen molar-refractivity contribution in [2.24, 2.45) is 0 Å². The zero-order chi connectivity index (χ0) is 21.7. The summed E-state index contributed by atoms with van der Waals surface area (Å²) in [7, 11) is 0. The molecule has 154 valence electrons. The van der Waals surface area contributed by atoms with Crippen LogP contribution in [0, 0.1) is 6.92 Å². The van der Waals surface area contributed by atoms with Crippen molar-refractivity contribution in [3.8, 4) is 5.75 Å². The van der Waals surface area contributed by atoms with Gasteiger partial charge in [0.2, 0.25) is 0 Å². The molecular formula is C24H23BrN2O3. The molecule has 0 bridgehead atoms. The van der Waals surface area contributed by atoms with Crippen LogP contribution >= 0.6 is 15.9 Å². The van der Waals surface area contributed by atoms with Crippen LogP contribution in [-0.4, -0.2) is 17.9 Å². The number of rotatable bonds is 6. The Morgan fingerprint density at radius 3 is 2.10 bits per heavy atom. The molecule has 0 saturated carbocycles. The fraction of sp³-hybridized carbons (Fsp3) is 0.167. The second-order valence-corrected chi connectivity index (χ2v) is 8.08. The summed E-state index contributed by atoms with van der Waals surface area (Å²) in [6.45, 7) is 5.76. The third kappa shape index (κ3) is 5.70. The van der Waals surface area contributed by atoms with Crippen molar-refractivity contribution in [3.05, 3.63) is 87.9 Å². The lowest BCUT2D eigenvalue weighted by molar-refractivity contribution is 0.101. The first kappa shape index (κ1) is 21.6.